The molecule has 0 unspecified atom stereocenters. The number of esters is 1. The maximum atomic E-state index is 14.2. The maximum Gasteiger partial charge on any atom is 0.306 e. The van der Waals surface area contributed by atoms with Crippen LogP contribution in [0, 0.1) is 11.6 Å². The zero-order valence-corrected chi connectivity index (χ0v) is 14.2. The molecule has 0 amide bonds. The first-order chi connectivity index (χ1) is 12.1. The fourth-order valence-corrected chi connectivity index (χ4v) is 3.62. The fraction of sp³-hybridized carbons (Fsp3) is 0.400. The zero-order valence-electron chi connectivity index (χ0n) is 14.2. The minimum Gasteiger partial charge on any atom is -0.466 e. The summed E-state index contributed by atoms with van der Waals surface area (Å²) in [6.07, 6.45) is 3.91. The van der Waals surface area contributed by atoms with Gasteiger partial charge in [0.05, 0.1) is 13.0 Å². The molecule has 0 fully saturated rings. The Bertz CT molecular complexity index is 763. The Morgan fingerprint density at radius 1 is 1.24 bits per heavy atom. The van der Waals surface area contributed by atoms with Crippen LogP contribution in [-0.2, 0) is 16.0 Å². The predicted molar refractivity (Wildman–Crippen MR) is 90.3 cm³/mol. The van der Waals surface area contributed by atoms with Crippen LogP contribution in [-0.4, -0.2) is 17.6 Å². The van der Waals surface area contributed by atoms with Gasteiger partial charge in [0.25, 0.3) is 0 Å². The summed E-state index contributed by atoms with van der Waals surface area (Å²) in [6, 6.07) is 8.11. The number of carbonyl (C=O) groups is 1. The molecule has 1 aromatic carbocycles. The molecule has 1 heterocycles. The third-order valence-electron chi connectivity index (χ3n) is 4.78. The summed E-state index contributed by atoms with van der Waals surface area (Å²) in [5, 5.41) is 0. The highest BCUT2D eigenvalue weighted by atomic mass is 19.2. The standard InChI is InChI=1S/C20H21F2NO2/c1-2-25-18(24)12-15-9-8-13(11-14-5-4-10-23-20(14)15)16-6-3-7-17(21)19(16)22/h3-7,10,13,15H,2,8-9,11-12H2,1H3/t13-,15+/m1/s1. The third-order valence-corrected chi connectivity index (χ3v) is 4.78. The van der Waals surface area contributed by atoms with Crippen molar-refractivity contribution in [2.24, 2.45) is 0 Å². The van der Waals surface area contributed by atoms with E-state index in [-0.39, 0.29) is 24.2 Å². The van der Waals surface area contributed by atoms with Gasteiger partial charge in [-0.2, -0.15) is 0 Å². The van der Waals surface area contributed by atoms with Crippen LogP contribution in [0.25, 0.3) is 0 Å². The highest BCUT2D eigenvalue weighted by Crippen LogP contribution is 2.39. The average molecular weight is 345 g/mol. The summed E-state index contributed by atoms with van der Waals surface area (Å²) >= 11 is 0. The van der Waals surface area contributed by atoms with E-state index in [1.807, 2.05) is 12.1 Å². The summed E-state index contributed by atoms with van der Waals surface area (Å²) in [6.45, 7) is 2.12. The average Bonchev–Trinajstić information content (AvgIpc) is 2.78. The molecule has 25 heavy (non-hydrogen) atoms. The van der Waals surface area contributed by atoms with Crippen molar-refractivity contribution in [1.82, 2.24) is 4.98 Å². The summed E-state index contributed by atoms with van der Waals surface area (Å²) < 4.78 is 32.9. The van der Waals surface area contributed by atoms with Gasteiger partial charge in [0, 0.05) is 17.8 Å². The second-order valence-electron chi connectivity index (χ2n) is 6.38. The number of pyridine rings is 1. The van der Waals surface area contributed by atoms with Gasteiger partial charge in [-0.15, -0.1) is 0 Å². The molecular formula is C20H21F2NO2. The molecule has 0 saturated carbocycles. The van der Waals surface area contributed by atoms with Gasteiger partial charge in [0.2, 0.25) is 0 Å². The van der Waals surface area contributed by atoms with Crippen molar-refractivity contribution in [3.8, 4) is 0 Å². The minimum absolute atomic E-state index is 0.0585. The molecule has 5 heteroatoms. The molecule has 3 rings (SSSR count). The third kappa shape index (κ3) is 3.86. The topological polar surface area (TPSA) is 39.2 Å². The number of benzene rings is 1. The van der Waals surface area contributed by atoms with Crippen molar-refractivity contribution < 1.29 is 18.3 Å². The van der Waals surface area contributed by atoms with Crippen LogP contribution < -0.4 is 0 Å². The van der Waals surface area contributed by atoms with Crippen molar-refractivity contribution in [3.63, 3.8) is 0 Å². The molecule has 2 aromatic rings. The van der Waals surface area contributed by atoms with E-state index >= 15 is 0 Å². The second kappa shape index (κ2) is 7.72. The number of hydrogen-bond donors (Lipinski definition) is 0. The van der Waals surface area contributed by atoms with Crippen molar-refractivity contribution in [2.45, 2.75) is 44.4 Å². The lowest BCUT2D eigenvalue weighted by molar-refractivity contribution is -0.143. The molecule has 0 bridgehead atoms. The van der Waals surface area contributed by atoms with Crippen molar-refractivity contribution >= 4 is 5.97 Å². The summed E-state index contributed by atoms with van der Waals surface area (Å²) in [5.74, 6) is -2.04. The molecule has 0 radical (unpaired) electrons. The fourth-order valence-electron chi connectivity index (χ4n) is 3.62. The Kier molecular flexibility index (Phi) is 5.41. The lowest BCUT2D eigenvalue weighted by atomic mass is 9.89. The first kappa shape index (κ1) is 17.5. The molecule has 0 spiro atoms. The lowest BCUT2D eigenvalue weighted by Crippen LogP contribution is -2.12. The van der Waals surface area contributed by atoms with Crippen LogP contribution in [0.15, 0.2) is 36.5 Å². The number of rotatable bonds is 4. The van der Waals surface area contributed by atoms with Crippen molar-refractivity contribution in [2.75, 3.05) is 6.61 Å². The van der Waals surface area contributed by atoms with Crippen molar-refractivity contribution in [3.05, 3.63) is 65.0 Å². The number of fused-ring (bicyclic) bond motifs is 1. The first-order valence-electron chi connectivity index (χ1n) is 8.63. The Hall–Kier alpha value is -2.30. The van der Waals surface area contributed by atoms with Gasteiger partial charge in [0.1, 0.15) is 0 Å². The van der Waals surface area contributed by atoms with Gasteiger partial charge in [-0.1, -0.05) is 18.2 Å². The van der Waals surface area contributed by atoms with E-state index in [0.717, 1.165) is 17.3 Å². The quantitative estimate of drug-likeness (QED) is 0.604. The first-order valence-corrected chi connectivity index (χ1v) is 8.63. The van der Waals surface area contributed by atoms with Crippen LogP contribution in [0.2, 0.25) is 0 Å². The Labute approximate surface area is 146 Å². The van der Waals surface area contributed by atoms with Gasteiger partial charge >= 0.3 is 5.97 Å². The van der Waals surface area contributed by atoms with E-state index in [2.05, 4.69) is 4.98 Å². The van der Waals surface area contributed by atoms with Gasteiger partial charge in [0.15, 0.2) is 11.6 Å². The summed E-state index contributed by atoms with van der Waals surface area (Å²) in [7, 11) is 0. The highest BCUT2D eigenvalue weighted by Gasteiger charge is 2.29. The predicted octanol–water partition coefficient (Wildman–Crippen LogP) is 4.52. The van der Waals surface area contributed by atoms with Gasteiger partial charge in [-0.25, -0.2) is 8.78 Å². The van der Waals surface area contributed by atoms with Gasteiger partial charge in [-0.3, -0.25) is 9.78 Å². The molecule has 1 aliphatic rings. The molecule has 1 aliphatic carbocycles. The summed E-state index contributed by atoms with van der Waals surface area (Å²) in [4.78, 5) is 16.4. The molecule has 0 aliphatic heterocycles. The molecule has 1 aromatic heterocycles. The van der Waals surface area contributed by atoms with E-state index in [1.165, 1.54) is 0 Å². The van der Waals surface area contributed by atoms with E-state index in [1.54, 1.807) is 25.3 Å². The van der Waals surface area contributed by atoms with E-state index in [0.29, 0.717) is 31.4 Å². The second-order valence-corrected chi connectivity index (χ2v) is 6.38. The lowest BCUT2D eigenvalue weighted by Gasteiger charge is -2.16. The number of halogens is 2. The van der Waals surface area contributed by atoms with Crippen LogP contribution >= 0.6 is 0 Å². The SMILES string of the molecule is CCOC(=O)C[C@@H]1CC[C@@H](c2cccc(F)c2F)Cc2cccnc21. The van der Waals surface area contributed by atoms with E-state index in [4.69, 9.17) is 4.74 Å². The van der Waals surface area contributed by atoms with Gasteiger partial charge in [-0.05, 0) is 55.4 Å². The Balaban J connectivity index is 1.90. The monoisotopic (exact) mass is 345 g/mol. The van der Waals surface area contributed by atoms with Crippen LogP contribution in [0.4, 0.5) is 8.78 Å². The van der Waals surface area contributed by atoms with E-state index in [9.17, 15) is 13.6 Å². The summed E-state index contributed by atoms with van der Waals surface area (Å²) in [5.41, 5.74) is 2.25. The highest BCUT2D eigenvalue weighted by molar-refractivity contribution is 5.70. The van der Waals surface area contributed by atoms with Crippen LogP contribution in [0.5, 0.6) is 0 Å². The van der Waals surface area contributed by atoms with Crippen LogP contribution in [0.1, 0.15) is 54.8 Å². The minimum atomic E-state index is -0.823. The molecule has 2 atom stereocenters. The largest absolute Gasteiger partial charge is 0.466 e. The zero-order chi connectivity index (χ0) is 17.8. The number of ether oxygens (including phenoxy) is 1. The number of nitrogens with zero attached hydrogens (tertiary/aromatic N) is 1. The molecular weight excluding hydrogens is 324 g/mol. The molecule has 0 saturated heterocycles. The number of hydrogen-bond acceptors (Lipinski definition) is 3. The maximum absolute atomic E-state index is 14.2. The van der Waals surface area contributed by atoms with Crippen LogP contribution in [0.3, 0.4) is 0 Å². The number of carbonyl (C=O) groups excluding carboxylic acids is 1. The van der Waals surface area contributed by atoms with E-state index < -0.39 is 11.6 Å². The van der Waals surface area contributed by atoms with Gasteiger partial charge < -0.3 is 4.74 Å². The molecule has 3 nitrogen and oxygen atoms in total. The smallest absolute Gasteiger partial charge is 0.306 e. The Morgan fingerprint density at radius 3 is 2.88 bits per heavy atom. The number of aromatic nitrogens is 1. The molecule has 132 valence electrons. The molecule has 0 N–H and O–H groups in total. The Morgan fingerprint density at radius 2 is 2.08 bits per heavy atom. The normalized spacial score (nSPS) is 19.8. The van der Waals surface area contributed by atoms with Crippen molar-refractivity contribution in [1.29, 1.82) is 0 Å².